The van der Waals surface area contributed by atoms with Gasteiger partial charge in [-0.05, 0) is 65.5 Å². The third kappa shape index (κ3) is 1.81. The normalized spacial score (nSPS) is 20.4. The Morgan fingerprint density at radius 1 is 0.789 bits per heavy atom. The molecule has 4 rings (SSSR count). The van der Waals surface area contributed by atoms with Gasteiger partial charge in [-0.3, -0.25) is 0 Å². The van der Waals surface area contributed by atoms with Crippen molar-refractivity contribution in [3.05, 3.63) is 69.8 Å². The van der Waals surface area contributed by atoms with Crippen molar-refractivity contribution in [3.63, 3.8) is 0 Å². The maximum absolute atomic E-state index is 9.95. The van der Waals surface area contributed by atoms with Gasteiger partial charge in [0.1, 0.15) is 0 Å². The Bertz CT molecular complexity index is 642. The summed E-state index contributed by atoms with van der Waals surface area (Å²) >= 11 is 0. The summed E-state index contributed by atoms with van der Waals surface area (Å²) in [6.07, 6.45) is 4.75. The lowest BCUT2D eigenvalue weighted by Crippen LogP contribution is -2.22. The SMILES string of the molecule is OC1CCc2ccc3c(c2C1)Cc1ccccc1C3. The number of hydrogen-bond acceptors (Lipinski definition) is 1. The van der Waals surface area contributed by atoms with Crippen LogP contribution in [0.25, 0.3) is 0 Å². The Hall–Kier alpha value is -1.60. The largest absolute Gasteiger partial charge is 0.393 e. The van der Waals surface area contributed by atoms with Crippen LogP contribution >= 0.6 is 0 Å². The average molecular weight is 250 g/mol. The first-order valence-corrected chi connectivity index (χ1v) is 7.18. The van der Waals surface area contributed by atoms with Gasteiger partial charge in [0, 0.05) is 0 Å². The molecular weight excluding hydrogens is 232 g/mol. The number of benzene rings is 2. The second-order valence-electron chi connectivity index (χ2n) is 5.86. The van der Waals surface area contributed by atoms with Crippen molar-refractivity contribution in [1.82, 2.24) is 0 Å². The summed E-state index contributed by atoms with van der Waals surface area (Å²) in [5.41, 5.74) is 8.78. The van der Waals surface area contributed by atoms with E-state index in [0.717, 1.165) is 32.1 Å². The standard InChI is InChI=1S/C18H18O/c19-16-8-7-12-5-6-15-9-13-3-1-2-4-14(13)10-17(15)18(12)11-16/h1-6,16,19H,7-11H2. The summed E-state index contributed by atoms with van der Waals surface area (Å²) < 4.78 is 0. The highest BCUT2D eigenvalue weighted by molar-refractivity contribution is 5.51. The van der Waals surface area contributed by atoms with Crippen molar-refractivity contribution in [3.8, 4) is 0 Å². The first kappa shape index (κ1) is 11.2. The molecule has 0 heterocycles. The van der Waals surface area contributed by atoms with Crippen molar-refractivity contribution >= 4 is 0 Å². The average Bonchev–Trinajstić information content (AvgIpc) is 2.45. The lowest BCUT2D eigenvalue weighted by molar-refractivity contribution is 0.158. The van der Waals surface area contributed by atoms with Gasteiger partial charge >= 0.3 is 0 Å². The monoisotopic (exact) mass is 250 g/mol. The van der Waals surface area contributed by atoms with E-state index in [-0.39, 0.29) is 6.10 Å². The fourth-order valence-electron chi connectivity index (χ4n) is 3.62. The first-order valence-electron chi connectivity index (χ1n) is 7.18. The van der Waals surface area contributed by atoms with Crippen LogP contribution in [-0.4, -0.2) is 11.2 Å². The van der Waals surface area contributed by atoms with E-state index < -0.39 is 0 Å². The molecule has 2 aromatic rings. The van der Waals surface area contributed by atoms with E-state index in [9.17, 15) is 5.11 Å². The molecule has 19 heavy (non-hydrogen) atoms. The molecule has 0 spiro atoms. The van der Waals surface area contributed by atoms with Crippen LogP contribution in [-0.2, 0) is 25.7 Å². The van der Waals surface area contributed by atoms with Crippen LogP contribution in [0.3, 0.4) is 0 Å². The number of fused-ring (bicyclic) bond motifs is 4. The summed E-state index contributed by atoms with van der Waals surface area (Å²) in [5, 5.41) is 9.95. The highest BCUT2D eigenvalue weighted by Gasteiger charge is 2.24. The summed E-state index contributed by atoms with van der Waals surface area (Å²) in [6.45, 7) is 0. The minimum atomic E-state index is -0.142. The van der Waals surface area contributed by atoms with Crippen LogP contribution in [0.15, 0.2) is 36.4 Å². The van der Waals surface area contributed by atoms with Crippen molar-refractivity contribution < 1.29 is 5.11 Å². The van der Waals surface area contributed by atoms with Crippen molar-refractivity contribution in [2.45, 2.75) is 38.2 Å². The molecule has 0 saturated heterocycles. The maximum Gasteiger partial charge on any atom is 0.0583 e. The number of hydrogen-bond donors (Lipinski definition) is 1. The van der Waals surface area contributed by atoms with Gasteiger partial charge < -0.3 is 5.11 Å². The van der Waals surface area contributed by atoms with E-state index in [2.05, 4.69) is 36.4 Å². The number of rotatable bonds is 0. The first-order chi connectivity index (χ1) is 9.31. The fourth-order valence-corrected chi connectivity index (χ4v) is 3.62. The lowest BCUT2D eigenvalue weighted by atomic mass is 9.78. The summed E-state index contributed by atoms with van der Waals surface area (Å²) in [7, 11) is 0. The molecule has 0 saturated carbocycles. The van der Waals surface area contributed by atoms with Gasteiger partial charge in [-0.25, -0.2) is 0 Å². The second kappa shape index (κ2) is 4.21. The summed E-state index contributed by atoms with van der Waals surface area (Å²) in [5.74, 6) is 0. The number of aryl methyl sites for hydroxylation is 1. The quantitative estimate of drug-likeness (QED) is 0.650. The van der Waals surface area contributed by atoms with E-state index in [1.54, 1.807) is 0 Å². The minimum Gasteiger partial charge on any atom is -0.393 e. The highest BCUT2D eigenvalue weighted by atomic mass is 16.3. The lowest BCUT2D eigenvalue weighted by Gasteiger charge is -2.28. The van der Waals surface area contributed by atoms with E-state index in [4.69, 9.17) is 0 Å². The molecule has 0 fully saturated rings. The van der Waals surface area contributed by atoms with Crippen molar-refractivity contribution in [2.75, 3.05) is 0 Å². The summed E-state index contributed by atoms with van der Waals surface area (Å²) in [6, 6.07) is 13.3. The fraction of sp³-hybridized carbons (Fsp3) is 0.333. The van der Waals surface area contributed by atoms with Crippen LogP contribution in [0.4, 0.5) is 0 Å². The Morgan fingerprint density at radius 2 is 1.53 bits per heavy atom. The molecule has 1 atom stereocenters. The molecule has 0 radical (unpaired) electrons. The van der Waals surface area contributed by atoms with Crippen LogP contribution in [0.2, 0.25) is 0 Å². The molecule has 2 aromatic carbocycles. The summed E-state index contributed by atoms with van der Waals surface area (Å²) in [4.78, 5) is 0. The minimum absolute atomic E-state index is 0.142. The Kier molecular flexibility index (Phi) is 2.49. The van der Waals surface area contributed by atoms with Crippen LogP contribution in [0.1, 0.15) is 39.8 Å². The zero-order valence-corrected chi connectivity index (χ0v) is 11.0. The Balaban J connectivity index is 1.84. The van der Waals surface area contributed by atoms with Gasteiger partial charge in [-0.15, -0.1) is 0 Å². The Labute approximate surface area is 113 Å². The van der Waals surface area contributed by atoms with Crippen molar-refractivity contribution in [2.24, 2.45) is 0 Å². The molecule has 1 unspecified atom stereocenters. The molecule has 2 aliphatic carbocycles. The van der Waals surface area contributed by atoms with E-state index in [0.29, 0.717) is 0 Å². The van der Waals surface area contributed by atoms with Gasteiger partial charge in [0.2, 0.25) is 0 Å². The number of aliphatic hydroxyl groups excluding tert-OH is 1. The zero-order valence-electron chi connectivity index (χ0n) is 11.0. The molecule has 1 N–H and O–H groups in total. The van der Waals surface area contributed by atoms with E-state index in [1.165, 1.54) is 33.4 Å². The molecule has 96 valence electrons. The molecule has 0 aliphatic heterocycles. The number of aliphatic hydroxyl groups is 1. The predicted octanol–water partition coefficient (Wildman–Crippen LogP) is 3.03. The van der Waals surface area contributed by atoms with Crippen LogP contribution in [0.5, 0.6) is 0 Å². The maximum atomic E-state index is 9.95. The smallest absolute Gasteiger partial charge is 0.0583 e. The predicted molar refractivity (Wildman–Crippen MR) is 76.5 cm³/mol. The second-order valence-corrected chi connectivity index (χ2v) is 5.86. The van der Waals surface area contributed by atoms with Crippen molar-refractivity contribution in [1.29, 1.82) is 0 Å². The molecular formula is C18H18O. The van der Waals surface area contributed by atoms with Crippen LogP contribution < -0.4 is 0 Å². The Morgan fingerprint density at radius 3 is 2.37 bits per heavy atom. The highest BCUT2D eigenvalue weighted by Crippen LogP contribution is 2.34. The van der Waals surface area contributed by atoms with Crippen LogP contribution in [0, 0.1) is 0 Å². The molecule has 1 heteroatoms. The molecule has 0 amide bonds. The molecule has 2 aliphatic rings. The topological polar surface area (TPSA) is 20.2 Å². The molecule has 0 aromatic heterocycles. The van der Waals surface area contributed by atoms with Gasteiger partial charge in [0.25, 0.3) is 0 Å². The molecule has 1 nitrogen and oxygen atoms in total. The van der Waals surface area contributed by atoms with E-state index >= 15 is 0 Å². The zero-order chi connectivity index (χ0) is 12.8. The third-order valence-electron chi connectivity index (χ3n) is 4.68. The third-order valence-corrected chi connectivity index (χ3v) is 4.68. The van der Waals surface area contributed by atoms with Gasteiger partial charge in [0.15, 0.2) is 0 Å². The van der Waals surface area contributed by atoms with E-state index in [1.807, 2.05) is 0 Å². The molecule has 0 bridgehead atoms. The van der Waals surface area contributed by atoms with Gasteiger partial charge in [-0.2, -0.15) is 0 Å². The van der Waals surface area contributed by atoms with Gasteiger partial charge in [0.05, 0.1) is 6.10 Å². The van der Waals surface area contributed by atoms with Gasteiger partial charge in [-0.1, -0.05) is 36.4 Å².